The molecule has 1 aromatic rings. The largest absolute Gasteiger partial charge is 0.480 e. The molecule has 4 nitrogen and oxygen atoms in total. The van der Waals surface area contributed by atoms with E-state index in [-0.39, 0.29) is 6.10 Å². The van der Waals surface area contributed by atoms with Crippen molar-refractivity contribution >= 4 is 5.97 Å². The van der Waals surface area contributed by atoms with Crippen molar-refractivity contribution in [2.24, 2.45) is 5.73 Å². The maximum atomic E-state index is 11.1. The van der Waals surface area contributed by atoms with Gasteiger partial charge in [-0.25, -0.2) is 0 Å². The number of ether oxygens (including phenoxy) is 1. The van der Waals surface area contributed by atoms with Crippen LogP contribution in [0.15, 0.2) is 30.3 Å². The summed E-state index contributed by atoms with van der Waals surface area (Å²) in [6, 6.07) is 9.73. The van der Waals surface area contributed by atoms with Crippen LogP contribution in [0.4, 0.5) is 0 Å². The van der Waals surface area contributed by atoms with E-state index in [1.54, 1.807) is 0 Å². The number of nitrogens with two attached hydrogens (primary N) is 1. The summed E-state index contributed by atoms with van der Waals surface area (Å²) >= 11 is 0. The third-order valence-corrected chi connectivity index (χ3v) is 2.98. The average Bonchev–Trinajstić information content (AvgIpc) is 3.11. The van der Waals surface area contributed by atoms with Crippen LogP contribution in [0, 0.1) is 0 Å². The summed E-state index contributed by atoms with van der Waals surface area (Å²) in [5, 5.41) is 9.12. The molecule has 3 N–H and O–H groups in total. The molecule has 0 bridgehead atoms. The molecule has 1 fully saturated rings. The van der Waals surface area contributed by atoms with Crippen LogP contribution >= 0.6 is 0 Å². The fourth-order valence-corrected chi connectivity index (χ4v) is 1.75. The monoisotopic (exact) mass is 221 g/mol. The summed E-state index contributed by atoms with van der Waals surface area (Å²) in [6.45, 7) is 0.456. The Bertz CT molecular complexity index is 375. The van der Waals surface area contributed by atoms with Crippen LogP contribution in [0.3, 0.4) is 0 Å². The summed E-state index contributed by atoms with van der Waals surface area (Å²) in [7, 11) is 0. The molecule has 1 aliphatic rings. The van der Waals surface area contributed by atoms with Crippen molar-refractivity contribution in [2.75, 3.05) is 6.61 Å². The first kappa shape index (κ1) is 11.1. The van der Waals surface area contributed by atoms with Crippen LogP contribution in [-0.2, 0) is 16.0 Å². The van der Waals surface area contributed by atoms with Gasteiger partial charge in [0, 0.05) is 0 Å². The van der Waals surface area contributed by atoms with E-state index in [1.807, 2.05) is 30.3 Å². The minimum absolute atomic E-state index is 0.325. The van der Waals surface area contributed by atoms with Crippen molar-refractivity contribution in [3.63, 3.8) is 0 Å². The van der Waals surface area contributed by atoms with Gasteiger partial charge in [0.25, 0.3) is 0 Å². The number of carboxylic acids is 1. The topological polar surface area (TPSA) is 75.9 Å². The van der Waals surface area contributed by atoms with Gasteiger partial charge in [0.2, 0.25) is 0 Å². The Morgan fingerprint density at radius 3 is 2.62 bits per heavy atom. The van der Waals surface area contributed by atoms with Gasteiger partial charge in [0.1, 0.15) is 11.6 Å². The lowest BCUT2D eigenvalue weighted by molar-refractivity contribution is -0.144. The molecule has 86 valence electrons. The molecule has 1 aromatic carbocycles. The summed E-state index contributed by atoms with van der Waals surface area (Å²) in [6.07, 6.45) is 0.731. The molecule has 1 unspecified atom stereocenters. The van der Waals surface area contributed by atoms with E-state index in [1.165, 1.54) is 0 Å². The number of benzene rings is 1. The van der Waals surface area contributed by atoms with Crippen molar-refractivity contribution in [3.05, 3.63) is 35.9 Å². The highest BCUT2D eigenvalue weighted by Crippen LogP contribution is 2.27. The van der Waals surface area contributed by atoms with E-state index in [9.17, 15) is 4.79 Å². The Labute approximate surface area is 94.0 Å². The minimum atomic E-state index is -1.24. The van der Waals surface area contributed by atoms with E-state index in [2.05, 4.69) is 0 Å². The second kappa shape index (κ2) is 4.23. The Hall–Kier alpha value is -1.39. The van der Waals surface area contributed by atoms with Gasteiger partial charge in [0.05, 0.1) is 6.61 Å². The molecule has 0 saturated carbocycles. The lowest BCUT2D eigenvalue weighted by Crippen LogP contribution is -2.53. The zero-order valence-corrected chi connectivity index (χ0v) is 8.93. The molecule has 16 heavy (non-hydrogen) atoms. The Balaban J connectivity index is 2.00. The van der Waals surface area contributed by atoms with Crippen LogP contribution in [0.2, 0.25) is 0 Å². The average molecular weight is 221 g/mol. The summed E-state index contributed by atoms with van der Waals surface area (Å²) in [5.74, 6) is -0.981. The number of epoxide rings is 1. The van der Waals surface area contributed by atoms with Gasteiger partial charge >= 0.3 is 5.97 Å². The maximum Gasteiger partial charge on any atom is 0.326 e. The summed E-state index contributed by atoms with van der Waals surface area (Å²) in [4.78, 5) is 11.1. The second-order valence-corrected chi connectivity index (χ2v) is 4.15. The van der Waals surface area contributed by atoms with E-state index in [0.29, 0.717) is 19.4 Å². The molecule has 2 rings (SSSR count). The van der Waals surface area contributed by atoms with Crippen LogP contribution in [0.5, 0.6) is 0 Å². The van der Waals surface area contributed by atoms with Gasteiger partial charge in [-0.2, -0.15) is 0 Å². The normalized spacial score (nSPS) is 22.4. The van der Waals surface area contributed by atoms with E-state index >= 15 is 0 Å². The van der Waals surface area contributed by atoms with Crippen LogP contribution in [-0.4, -0.2) is 29.3 Å². The van der Waals surface area contributed by atoms with Gasteiger partial charge in [-0.05, 0) is 18.4 Å². The quantitative estimate of drug-likeness (QED) is 0.721. The molecule has 0 aromatic heterocycles. The molecule has 2 atom stereocenters. The number of aryl methyl sites for hydroxylation is 1. The number of rotatable bonds is 5. The van der Waals surface area contributed by atoms with Gasteiger partial charge < -0.3 is 15.6 Å². The van der Waals surface area contributed by atoms with Gasteiger partial charge in [-0.15, -0.1) is 0 Å². The van der Waals surface area contributed by atoms with Crippen molar-refractivity contribution in [1.29, 1.82) is 0 Å². The Morgan fingerprint density at radius 1 is 1.50 bits per heavy atom. The minimum Gasteiger partial charge on any atom is -0.480 e. The summed E-state index contributed by atoms with van der Waals surface area (Å²) < 4.78 is 5.02. The van der Waals surface area contributed by atoms with Crippen molar-refractivity contribution in [3.8, 4) is 0 Å². The first-order valence-corrected chi connectivity index (χ1v) is 5.31. The first-order chi connectivity index (χ1) is 7.63. The molecule has 0 aliphatic carbocycles. The Morgan fingerprint density at radius 2 is 2.12 bits per heavy atom. The van der Waals surface area contributed by atoms with Gasteiger partial charge in [0.15, 0.2) is 0 Å². The third kappa shape index (κ3) is 2.23. The number of hydrogen-bond acceptors (Lipinski definition) is 3. The SMILES string of the molecule is N[C@@](CCc1ccccc1)(C(=O)O)C1CO1. The maximum absolute atomic E-state index is 11.1. The summed E-state index contributed by atoms with van der Waals surface area (Å²) in [5.41, 5.74) is 5.73. The number of carbonyl (C=O) groups is 1. The molecule has 1 heterocycles. The molecule has 0 radical (unpaired) electrons. The fraction of sp³-hybridized carbons (Fsp3) is 0.417. The molecular formula is C12H15NO3. The van der Waals surface area contributed by atoms with Gasteiger partial charge in [-0.3, -0.25) is 4.79 Å². The van der Waals surface area contributed by atoms with E-state index in [4.69, 9.17) is 15.6 Å². The Kier molecular flexibility index (Phi) is 2.94. The standard InChI is InChI=1S/C12H15NO3/c13-12(11(14)15,10-8-16-10)7-6-9-4-2-1-3-5-9/h1-5,10H,6-8,13H2,(H,14,15)/t10?,12-/m1/s1. The third-order valence-electron chi connectivity index (χ3n) is 2.98. The lowest BCUT2D eigenvalue weighted by Gasteiger charge is -2.22. The van der Waals surface area contributed by atoms with Crippen molar-refractivity contribution in [1.82, 2.24) is 0 Å². The molecule has 0 spiro atoms. The second-order valence-electron chi connectivity index (χ2n) is 4.15. The molecule has 0 amide bonds. The molecular weight excluding hydrogens is 206 g/mol. The van der Waals surface area contributed by atoms with Crippen LogP contribution in [0.25, 0.3) is 0 Å². The van der Waals surface area contributed by atoms with Crippen LogP contribution < -0.4 is 5.73 Å². The number of aliphatic carboxylic acids is 1. The smallest absolute Gasteiger partial charge is 0.326 e. The predicted octanol–water partition coefficient (Wildman–Crippen LogP) is 0.800. The van der Waals surface area contributed by atoms with E-state index < -0.39 is 11.5 Å². The molecule has 1 saturated heterocycles. The van der Waals surface area contributed by atoms with E-state index in [0.717, 1.165) is 5.56 Å². The predicted molar refractivity (Wildman–Crippen MR) is 59.1 cm³/mol. The van der Waals surface area contributed by atoms with Crippen molar-refractivity contribution in [2.45, 2.75) is 24.5 Å². The molecule has 1 aliphatic heterocycles. The fourth-order valence-electron chi connectivity index (χ4n) is 1.75. The highest BCUT2D eigenvalue weighted by atomic mass is 16.6. The lowest BCUT2D eigenvalue weighted by atomic mass is 9.89. The zero-order chi connectivity index (χ0) is 11.6. The van der Waals surface area contributed by atoms with Crippen LogP contribution in [0.1, 0.15) is 12.0 Å². The highest BCUT2D eigenvalue weighted by molar-refractivity contribution is 5.80. The molecule has 4 heteroatoms. The van der Waals surface area contributed by atoms with Gasteiger partial charge in [-0.1, -0.05) is 30.3 Å². The first-order valence-electron chi connectivity index (χ1n) is 5.31. The van der Waals surface area contributed by atoms with Crippen molar-refractivity contribution < 1.29 is 14.6 Å². The number of hydrogen-bond donors (Lipinski definition) is 2. The highest BCUT2D eigenvalue weighted by Gasteiger charge is 2.49. The number of carboxylic acid groups (broad SMARTS) is 1. The zero-order valence-electron chi connectivity index (χ0n) is 8.93.